The van der Waals surface area contributed by atoms with Crippen molar-refractivity contribution in [2.75, 3.05) is 12.4 Å². The summed E-state index contributed by atoms with van der Waals surface area (Å²) in [7, 11) is 3.53. The van der Waals surface area contributed by atoms with E-state index in [-0.39, 0.29) is 0 Å². The molecular formula is C24H22N8O2. The molecule has 170 valence electrons. The minimum absolute atomic E-state index is 0.637. The van der Waals surface area contributed by atoms with E-state index >= 15 is 0 Å². The Balaban J connectivity index is 1.59. The van der Waals surface area contributed by atoms with Crippen molar-refractivity contribution < 1.29 is 9.26 Å². The van der Waals surface area contributed by atoms with Gasteiger partial charge in [0.05, 0.1) is 29.1 Å². The highest BCUT2D eigenvalue weighted by Crippen LogP contribution is 2.41. The lowest BCUT2D eigenvalue weighted by atomic mass is 10.0. The molecule has 0 bridgehead atoms. The Bertz CT molecular complexity index is 1710. The fourth-order valence-electron chi connectivity index (χ4n) is 4.55. The van der Waals surface area contributed by atoms with Crippen LogP contribution in [0.1, 0.15) is 17.3 Å². The summed E-state index contributed by atoms with van der Waals surface area (Å²) in [6.45, 7) is 5.68. The average Bonchev–Trinajstić information content (AvgIpc) is 3.45. The number of fused-ring (bicyclic) bond motifs is 4. The monoisotopic (exact) mass is 454 g/mol. The maximum absolute atomic E-state index is 5.78. The van der Waals surface area contributed by atoms with Crippen LogP contribution in [0, 0.1) is 20.8 Å². The average molecular weight is 454 g/mol. The molecule has 0 fully saturated rings. The van der Waals surface area contributed by atoms with Gasteiger partial charge in [0.2, 0.25) is 0 Å². The summed E-state index contributed by atoms with van der Waals surface area (Å²) in [5.74, 6) is 3.42. The summed E-state index contributed by atoms with van der Waals surface area (Å²) < 4.78 is 12.9. The van der Waals surface area contributed by atoms with Gasteiger partial charge in [-0.2, -0.15) is 5.10 Å². The Morgan fingerprint density at radius 2 is 1.94 bits per heavy atom. The third kappa shape index (κ3) is 2.92. The number of anilines is 2. The van der Waals surface area contributed by atoms with Crippen LogP contribution in [0.4, 0.5) is 11.6 Å². The number of nitrogens with zero attached hydrogens (tertiary/aromatic N) is 6. The van der Waals surface area contributed by atoms with E-state index in [1.165, 1.54) is 0 Å². The van der Waals surface area contributed by atoms with Gasteiger partial charge in [-0.3, -0.25) is 0 Å². The minimum Gasteiger partial charge on any atom is -0.496 e. The van der Waals surface area contributed by atoms with Crippen LogP contribution in [0.25, 0.3) is 44.1 Å². The largest absolute Gasteiger partial charge is 0.496 e. The van der Waals surface area contributed by atoms with E-state index < -0.39 is 0 Å². The number of aromatic amines is 1. The van der Waals surface area contributed by atoms with Crippen LogP contribution in [-0.4, -0.2) is 42.0 Å². The van der Waals surface area contributed by atoms with Gasteiger partial charge in [0.15, 0.2) is 11.5 Å². The van der Waals surface area contributed by atoms with E-state index in [9.17, 15) is 0 Å². The molecule has 6 aromatic rings. The summed E-state index contributed by atoms with van der Waals surface area (Å²) in [4.78, 5) is 17.2. The van der Waals surface area contributed by atoms with E-state index in [0.29, 0.717) is 23.2 Å². The summed E-state index contributed by atoms with van der Waals surface area (Å²) >= 11 is 0. The molecule has 0 aliphatic rings. The van der Waals surface area contributed by atoms with Gasteiger partial charge in [0, 0.05) is 29.7 Å². The van der Waals surface area contributed by atoms with Gasteiger partial charge >= 0.3 is 0 Å². The Morgan fingerprint density at radius 1 is 1.09 bits per heavy atom. The molecule has 34 heavy (non-hydrogen) atoms. The minimum atomic E-state index is 0.637. The zero-order valence-electron chi connectivity index (χ0n) is 19.4. The topological polar surface area (TPSA) is 120 Å². The molecule has 1 aromatic carbocycles. The predicted molar refractivity (Wildman–Crippen MR) is 129 cm³/mol. The number of nitrogens with one attached hydrogen (secondary N) is 2. The van der Waals surface area contributed by atoms with Crippen molar-refractivity contribution in [3.05, 3.63) is 47.7 Å². The van der Waals surface area contributed by atoms with Crippen LogP contribution < -0.4 is 10.1 Å². The molecule has 0 saturated heterocycles. The predicted octanol–water partition coefficient (Wildman–Crippen LogP) is 4.73. The van der Waals surface area contributed by atoms with Crippen LogP contribution in [0.15, 0.2) is 35.0 Å². The second kappa shape index (κ2) is 7.27. The highest BCUT2D eigenvalue weighted by Gasteiger charge is 2.21. The van der Waals surface area contributed by atoms with Gasteiger partial charge in [-0.15, -0.1) is 0 Å². The number of aryl methyl sites for hydroxylation is 4. The number of ether oxygens (including phenoxy) is 1. The molecule has 10 nitrogen and oxygen atoms in total. The lowest BCUT2D eigenvalue weighted by molar-refractivity contribution is 0.393. The van der Waals surface area contributed by atoms with E-state index in [1.807, 2.05) is 52.1 Å². The first-order valence-corrected chi connectivity index (χ1v) is 10.8. The number of benzene rings is 1. The maximum Gasteiger partial charge on any atom is 0.163 e. The molecule has 0 atom stereocenters. The summed E-state index contributed by atoms with van der Waals surface area (Å²) in [5.41, 5.74) is 5.04. The smallest absolute Gasteiger partial charge is 0.163 e. The zero-order valence-corrected chi connectivity index (χ0v) is 19.4. The first kappa shape index (κ1) is 20.2. The van der Waals surface area contributed by atoms with Crippen LogP contribution in [0.3, 0.4) is 0 Å². The molecule has 0 saturated carbocycles. The number of pyridine rings is 1. The molecule has 0 aliphatic heterocycles. The highest BCUT2D eigenvalue weighted by molar-refractivity contribution is 6.13. The quantitative estimate of drug-likeness (QED) is 0.392. The van der Waals surface area contributed by atoms with Crippen molar-refractivity contribution in [1.82, 2.24) is 34.9 Å². The highest BCUT2D eigenvalue weighted by atomic mass is 16.5. The van der Waals surface area contributed by atoms with E-state index in [2.05, 4.69) is 30.5 Å². The van der Waals surface area contributed by atoms with Crippen molar-refractivity contribution in [1.29, 1.82) is 0 Å². The van der Waals surface area contributed by atoms with Gasteiger partial charge in [-0.25, -0.2) is 19.6 Å². The Labute approximate surface area is 194 Å². The maximum atomic E-state index is 5.78. The summed E-state index contributed by atoms with van der Waals surface area (Å²) in [6, 6.07) is 7.92. The third-order valence-corrected chi connectivity index (χ3v) is 6.02. The van der Waals surface area contributed by atoms with Crippen molar-refractivity contribution in [2.24, 2.45) is 7.05 Å². The lowest BCUT2D eigenvalue weighted by Crippen LogP contribution is -2.00. The van der Waals surface area contributed by atoms with Gasteiger partial charge in [0.1, 0.15) is 28.8 Å². The van der Waals surface area contributed by atoms with Crippen molar-refractivity contribution in [3.63, 3.8) is 0 Å². The molecule has 10 heteroatoms. The number of aromatic nitrogens is 7. The van der Waals surface area contributed by atoms with Crippen molar-refractivity contribution in [3.8, 4) is 16.9 Å². The van der Waals surface area contributed by atoms with Gasteiger partial charge in [0.25, 0.3) is 0 Å². The standard InChI is InChI=1S/C24H22N8O2/c1-11-19(12(2)34-31-11)16-9-17-15(10-18(16)33-5)20-22(28-17)26-13(3)27-23(20)29-21-14-7-6-8-25-24(14)32(4)30-21/h6-10H,1-5H3,(H2,26,27,28,29,30). The van der Waals surface area contributed by atoms with Crippen molar-refractivity contribution in [2.45, 2.75) is 20.8 Å². The van der Waals surface area contributed by atoms with Crippen LogP contribution >= 0.6 is 0 Å². The van der Waals surface area contributed by atoms with E-state index in [4.69, 9.17) is 14.2 Å². The van der Waals surface area contributed by atoms with Crippen molar-refractivity contribution >= 4 is 44.6 Å². The Kier molecular flexibility index (Phi) is 4.31. The van der Waals surface area contributed by atoms with Crippen LogP contribution in [-0.2, 0) is 7.05 Å². The van der Waals surface area contributed by atoms with Gasteiger partial charge in [-0.1, -0.05) is 5.16 Å². The number of methoxy groups -OCH3 is 1. The number of hydrogen-bond donors (Lipinski definition) is 2. The number of hydrogen-bond acceptors (Lipinski definition) is 8. The number of H-pyrrole nitrogens is 1. The Hall–Kier alpha value is -4.47. The SMILES string of the molecule is COc1cc2c(cc1-c1c(C)noc1C)[nH]c1nc(C)nc(Nc3nn(C)c4ncccc34)c12. The molecule has 2 N–H and O–H groups in total. The van der Waals surface area contributed by atoms with Gasteiger partial charge < -0.3 is 19.6 Å². The molecule has 0 radical (unpaired) electrons. The Morgan fingerprint density at radius 3 is 2.71 bits per heavy atom. The molecule has 5 aromatic heterocycles. The molecule has 0 unspecified atom stereocenters. The lowest BCUT2D eigenvalue weighted by Gasteiger charge is -2.10. The molecular weight excluding hydrogens is 432 g/mol. The first-order valence-electron chi connectivity index (χ1n) is 10.8. The zero-order chi connectivity index (χ0) is 23.6. The molecule has 0 amide bonds. The van der Waals surface area contributed by atoms with E-state index in [0.717, 1.165) is 55.6 Å². The van der Waals surface area contributed by atoms with Crippen LogP contribution in [0.5, 0.6) is 5.75 Å². The molecule has 6 rings (SSSR count). The second-order valence-corrected chi connectivity index (χ2v) is 8.24. The van der Waals surface area contributed by atoms with E-state index in [1.54, 1.807) is 18.0 Å². The summed E-state index contributed by atoms with van der Waals surface area (Å²) in [5, 5.41) is 14.8. The normalized spacial score (nSPS) is 11.7. The number of rotatable bonds is 4. The molecule has 0 aliphatic carbocycles. The van der Waals surface area contributed by atoms with Gasteiger partial charge in [-0.05, 0) is 45.0 Å². The fraction of sp³-hybridized carbons (Fsp3) is 0.208. The fourth-order valence-corrected chi connectivity index (χ4v) is 4.55. The summed E-state index contributed by atoms with van der Waals surface area (Å²) in [6.07, 6.45) is 1.75. The molecule has 5 heterocycles. The second-order valence-electron chi connectivity index (χ2n) is 8.24. The third-order valence-electron chi connectivity index (χ3n) is 6.02. The molecule has 0 spiro atoms. The first-order chi connectivity index (χ1) is 16.4. The van der Waals surface area contributed by atoms with Crippen LogP contribution in [0.2, 0.25) is 0 Å².